The largest absolute Gasteiger partial charge is 0.471 e. The van der Waals surface area contributed by atoms with Crippen molar-refractivity contribution >= 4 is 62.4 Å². The van der Waals surface area contributed by atoms with Gasteiger partial charge in [0.1, 0.15) is 29.0 Å². The van der Waals surface area contributed by atoms with Crippen LogP contribution < -0.4 is 10.1 Å². The summed E-state index contributed by atoms with van der Waals surface area (Å²) in [5.41, 5.74) is 0.594. The van der Waals surface area contributed by atoms with Gasteiger partial charge in [-0.15, -0.1) is 11.3 Å². The Morgan fingerprint density at radius 2 is 1.68 bits per heavy atom. The highest BCUT2D eigenvalue weighted by atomic mass is 32.1. The number of amides is 4. The molecule has 1 saturated heterocycles. The fourth-order valence-electron chi connectivity index (χ4n) is 7.91. The van der Waals surface area contributed by atoms with Crippen LogP contribution in [0.2, 0.25) is 0 Å². The van der Waals surface area contributed by atoms with E-state index in [1.54, 1.807) is 26.0 Å². The lowest BCUT2D eigenvalue weighted by Gasteiger charge is -2.33. The molecule has 4 amide bonds. The first-order chi connectivity index (χ1) is 28.6. The fraction of sp³-hybridized carbons (Fsp3) is 0.381. The molecule has 5 aromatic rings. The van der Waals surface area contributed by atoms with Crippen LogP contribution >= 0.6 is 11.3 Å². The Kier molecular flexibility index (Phi) is 11.0. The molecule has 2 N–H and O–H groups in total. The number of ether oxygens (including phenoxy) is 2. The molecule has 59 heavy (non-hydrogen) atoms. The number of aryl methyl sites for hydroxylation is 1. The molecular weight excluding hydrogens is 777 g/mol. The summed E-state index contributed by atoms with van der Waals surface area (Å²) in [6.07, 6.45) is 6.62. The van der Waals surface area contributed by atoms with Crippen molar-refractivity contribution in [3.05, 3.63) is 84.5 Å². The Balaban J connectivity index is 1.19. The van der Waals surface area contributed by atoms with Crippen molar-refractivity contribution < 1.29 is 38.6 Å². The van der Waals surface area contributed by atoms with Crippen molar-refractivity contribution in [3.8, 4) is 16.6 Å². The van der Waals surface area contributed by atoms with Gasteiger partial charge in [0.2, 0.25) is 11.8 Å². The van der Waals surface area contributed by atoms with E-state index in [4.69, 9.17) is 24.4 Å². The number of nitrogens with zero attached hydrogens (tertiary/aromatic N) is 7. The number of fused-ring (bicyclic) bond motifs is 4. The molecule has 3 aromatic heterocycles. The van der Waals surface area contributed by atoms with E-state index >= 15 is 0 Å². The summed E-state index contributed by atoms with van der Waals surface area (Å²) in [4.78, 5) is 94.7. The number of thiazole rings is 1. The van der Waals surface area contributed by atoms with Gasteiger partial charge in [0.15, 0.2) is 11.2 Å². The normalized spacial score (nSPS) is 24.1. The second kappa shape index (κ2) is 16.5. The molecule has 5 heterocycles. The number of carboxylic acid groups (broad SMARTS) is 1. The third kappa shape index (κ3) is 7.81. The minimum Gasteiger partial charge on any atom is -0.471 e. The van der Waals surface area contributed by atoms with Crippen LogP contribution in [0.3, 0.4) is 0 Å². The highest BCUT2D eigenvalue weighted by Crippen LogP contribution is 2.51. The summed E-state index contributed by atoms with van der Waals surface area (Å²) in [7, 11) is 0. The molecule has 3 aliphatic rings. The molecule has 2 aromatic carbocycles. The summed E-state index contributed by atoms with van der Waals surface area (Å²) < 4.78 is 12.9. The topological polar surface area (TPSA) is 207 Å². The Morgan fingerprint density at radius 3 is 2.41 bits per heavy atom. The van der Waals surface area contributed by atoms with E-state index in [2.05, 4.69) is 15.3 Å². The van der Waals surface area contributed by atoms with E-state index < -0.39 is 59.4 Å². The Morgan fingerprint density at radius 1 is 0.949 bits per heavy atom. The predicted octanol–water partition coefficient (Wildman–Crippen LogP) is 5.50. The average Bonchev–Trinajstić information content (AvgIpc) is 3.53. The summed E-state index contributed by atoms with van der Waals surface area (Å²) >= 11 is 1.41. The van der Waals surface area contributed by atoms with Crippen molar-refractivity contribution in [2.45, 2.75) is 82.5 Å². The molecule has 0 radical (unpaired) electrons. The second-order valence-electron chi connectivity index (χ2n) is 14.9. The molecule has 1 aliphatic carbocycles. The fourth-order valence-corrected chi connectivity index (χ4v) is 8.85. The van der Waals surface area contributed by atoms with Gasteiger partial charge in [0.05, 0.1) is 40.0 Å². The van der Waals surface area contributed by atoms with Gasteiger partial charge in [-0.1, -0.05) is 49.3 Å². The van der Waals surface area contributed by atoms with Gasteiger partial charge in [0.25, 0.3) is 11.8 Å². The number of hydrogen-bond donors (Lipinski definition) is 2. The smallest absolute Gasteiger partial charge is 0.415 e. The van der Waals surface area contributed by atoms with Crippen molar-refractivity contribution in [3.63, 3.8) is 0 Å². The molecule has 5 unspecified atom stereocenters. The van der Waals surface area contributed by atoms with Crippen LogP contribution in [0.15, 0.2) is 73.1 Å². The standard InChI is InChI=1S/C42H42N8O8S/c1-3-57-40(54)42-20-26(42)13-7-5-4-6-8-17-31(46-35(51)25-21-43-24(2)44-22-25)38(52)49-23-27(19-32(49)39(53)50(42)41(55)56)58-36-34(45-28-14-9-10-15-29(28)47-36)37-48-30-16-11-12-18-33(30)59-37/h7,9-16,18,21-22,26-27,31-32H,3-6,8,17,19-20,23H2,1-2H3,(H,46,51)(H,55,56)/b13-7-. The van der Waals surface area contributed by atoms with E-state index in [0.29, 0.717) is 45.3 Å². The quantitative estimate of drug-likeness (QED) is 0.154. The molecule has 0 bridgehead atoms. The highest BCUT2D eigenvalue weighted by Gasteiger charge is 2.68. The molecule has 2 aliphatic heterocycles. The molecular formula is C42H42N8O8S. The summed E-state index contributed by atoms with van der Waals surface area (Å²) in [5, 5.41) is 14.1. The minimum absolute atomic E-state index is 0.0280. The van der Waals surface area contributed by atoms with Crippen LogP contribution in [-0.2, 0) is 19.1 Å². The summed E-state index contributed by atoms with van der Waals surface area (Å²) in [6, 6.07) is 12.4. The molecule has 17 heteroatoms. The van der Waals surface area contributed by atoms with Crippen LogP contribution in [0, 0.1) is 12.8 Å². The van der Waals surface area contributed by atoms with Gasteiger partial charge in [-0.05, 0) is 63.8 Å². The molecule has 2 fully saturated rings. The maximum Gasteiger partial charge on any atom is 0.415 e. The van der Waals surface area contributed by atoms with Gasteiger partial charge in [-0.2, -0.15) is 0 Å². The number of nitrogens with one attached hydrogen (secondary N) is 1. The van der Waals surface area contributed by atoms with E-state index in [1.165, 1.54) is 28.6 Å². The van der Waals surface area contributed by atoms with Crippen LogP contribution in [0.5, 0.6) is 5.88 Å². The number of imide groups is 1. The third-order valence-electron chi connectivity index (χ3n) is 10.9. The Bertz CT molecular complexity index is 2440. The van der Waals surface area contributed by atoms with Gasteiger partial charge in [0, 0.05) is 24.7 Å². The zero-order chi connectivity index (χ0) is 41.3. The zero-order valence-corrected chi connectivity index (χ0v) is 33.3. The van der Waals surface area contributed by atoms with Crippen LogP contribution in [0.4, 0.5) is 4.79 Å². The number of aromatic nitrogens is 5. The van der Waals surface area contributed by atoms with Crippen LogP contribution in [0.25, 0.3) is 32.0 Å². The first-order valence-electron chi connectivity index (χ1n) is 19.7. The first-order valence-corrected chi connectivity index (χ1v) is 20.5. The monoisotopic (exact) mass is 818 g/mol. The van der Waals surface area contributed by atoms with Crippen LogP contribution in [-0.4, -0.2) is 106 Å². The molecule has 8 rings (SSSR count). The predicted molar refractivity (Wildman–Crippen MR) is 215 cm³/mol. The molecule has 5 atom stereocenters. The maximum absolute atomic E-state index is 14.9. The van der Waals surface area contributed by atoms with Crippen molar-refractivity contribution in [1.29, 1.82) is 0 Å². The number of esters is 1. The van der Waals surface area contributed by atoms with Gasteiger partial charge >= 0.3 is 12.1 Å². The number of carbonyl (C=O) groups is 5. The molecule has 1 saturated carbocycles. The summed E-state index contributed by atoms with van der Waals surface area (Å²) in [6.45, 7) is 3.09. The van der Waals surface area contributed by atoms with E-state index in [0.717, 1.165) is 23.1 Å². The minimum atomic E-state index is -1.81. The number of benzene rings is 2. The first kappa shape index (κ1) is 39.5. The number of rotatable bonds is 7. The number of carbonyl (C=O) groups excluding carboxylic acids is 4. The Labute approximate surface area is 342 Å². The average molecular weight is 819 g/mol. The number of hydrogen-bond acceptors (Lipinski definition) is 13. The second-order valence-corrected chi connectivity index (χ2v) is 15.9. The highest BCUT2D eigenvalue weighted by molar-refractivity contribution is 7.21. The molecule has 0 spiro atoms. The maximum atomic E-state index is 14.9. The summed E-state index contributed by atoms with van der Waals surface area (Å²) in [5.74, 6) is -3.04. The van der Waals surface area contributed by atoms with E-state index in [9.17, 15) is 29.1 Å². The van der Waals surface area contributed by atoms with Crippen molar-refractivity contribution in [2.24, 2.45) is 5.92 Å². The van der Waals surface area contributed by atoms with Gasteiger partial charge in [-0.25, -0.2) is 39.4 Å². The zero-order valence-electron chi connectivity index (χ0n) is 32.4. The van der Waals surface area contributed by atoms with Gasteiger partial charge in [-0.3, -0.25) is 14.4 Å². The lowest BCUT2D eigenvalue weighted by Crippen LogP contribution is -2.59. The molecule has 16 nitrogen and oxygen atoms in total. The van der Waals surface area contributed by atoms with E-state index in [1.807, 2.05) is 48.5 Å². The lowest BCUT2D eigenvalue weighted by molar-refractivity contribution is -0.158. The van der Waals surface area contributed by atoms with Crippen molar-refractivity contribution in [1.82, 2.24) is 40.0 Å². The Hall–Kier alpha value is -6.36. The number of para-hydroxylation sites is 3. The van der Waals surface area contributed by atoms with Crippen molar-refractivity contribution in [2.75, 3.05) is 13.2 Å². The molecule has 304 valence electrons. The van der Waals surface area contributed by atoms with Crippen LogP contribution in [0.1, 0.15) is 68.1 Å². The van der Waals surface area contributed by atoms with E-state index in [-0.39, 0.29) is 43.9 Å². The number of allylic oxidation sites excluding steroid dienone is 1. The SMILES string of the molecule is CCOC(=O)C12CC1/C=C\CCCCCC(NC(=O)c1cnc(C)nc1)C(=O)N1CC(Oc3nc4ccccc4nc3-c3nc4ccccc4s3)CC1C(=O)N2C(=O)O. The van der Waals surface area contributed by atoms with Gasteiger partial charge < -0.3 is 24.8 Å². The lowest BCUT2D eigenvalue weighted by atomic mass is 10.0. The third-order valence-corrected chi connectivity index (χ3v) is 12.0.